The van der Waals surface area contributed by atoms with Gasteiger partial charge in [-0.1, -0.05) is 12.1 Å². The molecule has 3 aromatic rings. The number of amides is 1. The summed E-state index contributed by atoms with van der Waals surface area (Å²) >= 11 is 0. The Labute approximate surface area is 204 Å². The van der Waals surface area contributed by atoms with E-state index < -0.39 is 15.7 Å². The SMILES string of the molecule is COc1cc(NC(=O)c2cc(-c3ccc(C)c(C)c3)n(C3CCS(=O)(=O)C3)n2)cc(OC)c1OC. The second-order valence-corrected chi connectivity index (χ2v) is 10.8. The minimum Gasteiger partial charge on any atom is -0.493 e. The smallest absolute Gasteiger partial charge is 0.276 e. The van der Waals surface area contributed by atoms with E-state index in [0.717, 1.165) is 16.7 Å². The van der Waals surface area contributed by atoms with Crippen molar-refractivity contribution in [1.82, 2.24) is 9.78 Å². The van der Waals surface area contributed by atoms with E-state index in [2.05, 4.69) is 10.4 Å². The van der Waals surface area contributed by atoms with Crippen LogP contribution in [0.2, 0.25) is 0 Å². The molecule has 1 saturated heterocycles. The van der Waals surface area contributed by atoms with Crippen LogP contribution in [0.3, 0.4) is 0 Å². The van der Waals surface area contributed by atoms with Crippen LogP contribution in [0.1, 0.15) is 34.1 Å². The van der Waals surface area contributed by atoms with Crippen molar-refractivity contribution in [2.45, 2.75) is 26.3 Å². The number of methoxy groups -OCH3 is 3. The highest BCUT2D eigenvalue weighted by molar-refractivity contribution is 7.91. The lowest BCUT2D eigenvalue weighted by Gasteiger charge is -2.14. The normalized spacial score (nSPS) is 16.7. The topological polar surface area (TPSA) is 109 Å². The highest BCUT2D eigenvalue weighted by Gasteiger charge is 2.32. The van der Waals surface area contributed by atoms with Crippen molar-refractivity contribution in [2.75, 3.05) is 38.2 Å². The summed E-state index contributed by atoms with van der Waals surface area (Å²) in [5, 5.41) is 7.38. The van der Waals surface area contributed by atoms with Crippen molar-refractivity contribution in [3.8, 4) is 28.5 Å². The lowest BCUT2D eigenvalue weighted by Crippen LogP contribution is -2.16. The average Bonchev–Trinajstić information content (AvgIpc) is 3.43. The molecule has 2 aromatic carbocycles. The number of aryl methyl sites for hydroxylation is 2. The maximum Gasteiger partial charge on any atom is 0.276 e. The number of carbonyl (C=O) groups excluding carboxylic acids is 1. The molecule has 0 saturated carbocycles. The zero-order valence-electron chi connectivity index (χ0n) is 20.4. The van der Waals surface area contributed by atoms with E-state index in [1.165, 1.54) is 21.3 Å². The monoisotopic (exact) mass is 499 g/mol. The first-order chi connectivity index (χ1) is 16.7. The van der Waals surface area contributed by atoms with Crippen LogP contribution in [0.15, 0.2) is 36.4 Å². The highest BCUT2D eigenvalue weighted by atomic mass is 32.2. The number of nitrogens with one attached hydrogen (secondary N) is 1. The molecule has 1 amide bonds. The molecule has 1 atom stereocenters. The van der Waals surface area contributed by atoms with E-state index in [0.29, 0.717) is 35.1 Å². The molecule has 1 unspecified atom stereocenters. The molecule has 2 heterocycles. The predicted molar refractivity (Wildman–Crippen MR) is 133 cm³/mol. The van der Waals surface area contributed by atoms with Crippen molar-refractivity contribution < 1.29 is 27.4 Å². The first kappa shape index (κ1) is 24.6. The van der Waals surface area contributed by atoms with Gasteiger partial charge in [0.1, 0.15) is 0 Å². The van der Waals surface area contributed by atoms with Crippen LogP contribution in [0.5, 0.6) is 17.2 Å². The largest absolute Gasteiger partial charge is 0.493 e. The van der Waals surface area contributed by atoms with Gasteiger partial charge in [-0.25, -0.2) is 8.42 Å². The predicted octanol–water partition coefficient (Wildman–Crippen LogP) is 3.80. The first-order valence-electron chi connectivity index (χ1n) is 11.1. The van der Waals surface area contributed by atoms with Gasteiger partial charge >= 0.3 is 0 Å². The van der Waals surface area contributed by atoms with Crippen molar-refractivity contribution in [1.29, 1.82) is 0 Å². The van der Waals surface area contributed by atoms with E-state index >= 15 is 0 Å². The lowest BCUT2D eigenvalue weighted by atomic mass is 10.0. The Morgan fingerprint density at radius 3 is 2.23 bits per heavy atom. The third-order valence-corrected chi connectivity index (χ3v) is 8.00. The van der Waals surface area contributed by atoms with Crippen molar-refractivity contribution >= 4 is 21.4 Å². The molecule has 186 valence electrons. The fourth-order valence-corrected chi connectivity index (χ4v) is 5.91. The molecular formula is C25H29N3O6S. The Bertz CT molecular complexity index is 1350. The standard InChI is InChI=1S/C25H29N3O6S/c1-15-6-7-17(10-16(15)2)21-13-20(27-28(21)19-8-9-35(30,31)14-19)25(29)26-18-11-22(32-3)24(34-5)23(12-18)33-4/h6-7,10-13,19H,8-9,14H2,1-5H3,(H,26,29). The average molecular weight is 500 g/mol. The lowest BCUT2D eigenvalue weighted by molar-refractivity contribution is 0.102. The third-order valence-electron chi connectivity index (χ3n) is 6.25. The maximum absolute atomic E-state index is 13.2. The number of benzene rings is 2. The molecule has 9 nitrogen and oxygen atoms in total. The molecule has 1 aliphatic heterocycles. The van der Waals surface area contributed by atoms with Crippen LogP contribution < -0.4 is 19.5 Å². The Hall–Kier alpha value is -3.53. The summed E-state index contributed by atoms with van der Waals surface area (Å²) in [6.45, 7) is 4.04. The van der Waals surface area contributed by atoms with Crippen LogP contribution in [-0.2, 0) is 9.84 Å². The zero-order valence-corrected chi connectivity index (χ0v) is 21.2. The van der Waals surface area contributed by atoms with E-state index in [1.807, 2.05) is 32.0 Å². The van der Waals surface area contributed by atoms with Gasteiger partial charge in [-0.05, 0) is 43.5 Å². The molecule has 4 rings (SSSR count). The van der Waals surface area contributed by atoms with Crippen LogP contribution in [0, 0.1) is 13.8 Å². The number of sulfone groups is 1. The van der Waals surface area contributed by atoms with Crippen LogP contribution >= 0.6 is 0 Å². The molecule has 10 heteroatoms. The van der Waals surface area contributed by atoms with Gasteiger partial charge < -0.3 is 19.5 Å². The number of anilines is 1. The van der Waals surface area contributed by atoms with Crippen molar-refractivity contribution in [2.24, 2.45) is 0 Å². The van der Waals surface area contributed by atoms with E-state index in [9.17, 15) is 13.2 Å². The molecule has 0 spiro atoms. The second-order valence-electron chi connectivity index (χ2n) is 8.58. The van der Waals surface area contributed by atoms with Gasteiger partial charge in [0.25, 0.3) is 5.91 Å². The Morgan fingerprint density at radius 2 is 1.69 bits per heavy atom. The molecule has 0 bridgehead atoms. The molecule has 1 aromatic heterocycles. The maximum atomic E-state index is 13.2. The fourth-order valence-electron chi connectivity index (χ4n) is 4.22. The number of hydrogen-bond donors (Lipinski definition) is 1. The number of rotatable bonds is 7. The molecule has 1 aliphatic rings. The van der Waals surface area contributed by atoms with Crippen LogP contribution in [0.25, 0.3) is 11.3 Å². The van der Waals surface area contributed by atoms with E-state index in [-0.39, 0.29) is 23.2 Å². The number of hydrogen-bond acceptors (Lipinski definition) is 7. The number of ether oxygens (including phenoxy) is 3. The van der Waals surface area contributed by atoms with Gasteiger partial charge in [-0.3, -0.25) is 9.48 Å². The Kier molecular flexibility index (Phi) is 6.75. The fraction of sp³-hybridized carbons (Fsp3) is 0.360. The summed E-state index contributed by atoms with van der Waals surface area (Å²) in [4.78, 5) is 13.2. The van der Waals surface area contributed by atoms with Gasteiger partial charge in [-0.15, -0.1) is 0 Å². The number of aromatic nitrogens is 2. The first-order valence-corrected chi connectivity index (χ1v) is 13.0. The molecular weight excluding hydrogens is 470 g/mol. The third kappa shape index (κ3) is 4.97. The Morgan fingerprint density at radius 1 is 1.00 bits per heavy atom. The van der Waals surface area contributed by atoms with Crippen LogP contribution in [-0.4, -0.2) is 56.9 Å². The summed E-state index contributed by atoms with van der Waals surface area (Å²) in [5.41, 5.74) is 4.43. The summed E-state index contributed by atoms with van der Waals surface area (Å²) in [5.74, 6) is 0.886. The molecule has 0 radical (unpaired) electrons. The zero-order chi connectivity index (χ0) is 25.3. The van der Waals surface area contributed by atoms with Crippen molar-refractivity contribution in [3.05, 3.63) is 53.2 Å². The minimum atomic E-state index is -3.14. The molecule has 1 fully saturated rings. The summed E-state index contributed by atoms with van der Waals surface area (Å²) in [6.07, 6.45) is 0.454. The van der Waals surface area contributed by atoms with Gasteiger partial charge in [-0.2, -0.15) is 5.10 Å². The highest BCUT2D eigenvalue weighted by Crippen LogP contribution is 2.40. The van der Waals surface area contributed by atoms with Crippen molar-refractivity contribution in [3.63, 3.8) is 0 Å². The minimum absolute atomic E-state index is 0.000456. The van der Waals surface area contributed by atoms with Crippen LogP contribution in [0.4, 0.5) is 5.69 Å². The van der Waals surface area contributed by atoms with Gasteiger partial charge in [0.2, 0.25) is 5.75 Å². The van der Waals surface area contributed by atoms with Gasteiger partial charge in [0.05, 0.1) is 44.6 Å². The van der Waals surface area contributed by atoms with E-state index in [1.54, 1.807) is 22.9 Å². The van der Waals surface area contributed by atoms with Gasteiger partial charge in [0, 0.05) is 23.4 Å². The van der Waals surface area contributed by atoms with Gasteiger partial charge in [0.15, 0.2) is 27.0 Å². The summed E-state index contributed by atoms with van der Waals surface area (Å²) in [7, 11) is 1.35. The number of nitrogens with zero attached hydrogens (tertiary/aromatic N) is 2. The quantitative estimate of drug-likeness (QED) is 0.527. The Balaban J connectivity index is 1.72. The second kappa shape index (κ2) is 9.61. The molecule has 0 aliphatic carbocycles. The van der Waals surface area contributed by atoms with E-state index in [4.69, 9.17) is 14.2 Å². The summed E-state index contributed by atoms with van der Waals surface area (Å²) < 4.78 is 42.1. The molecule has 35 heavy (non-hydrogen) atoms. The molecule has 1 N–H and O–H groups in total. The number of carbonyl (C=O) groups is 1. The summed E-state index contributed by atoms with van der Waals surface area (Å²) in [6, 6.07) is 10.6.